The molecule has 0 fully saturated rings. The van der Waals surface area contributed by atoms with E-state index in [0.29, 0.717) is 13.0 Å². The summed E-state index contributed by atoms with van der Waals surface area (Å²) in [6, 6.07) is 15.8. The van der Waals surface area contributed by atoms with E-state index in [-0.39, 0.29) is 12.0 Å². The lowest BCUT2D eigenvalue weighted by Crippen LogP contribution is -2.21. The average Bonchev–Trinajstić information content (AvgIpc) is 2.53. The molecule has 0 aliphatic heterocycles. The number of amides is 1. The molecule has 0 radical (unpaired) electrons. The van der Waals surface area contributed by atoms with Gasteiger partial charge >= 0.3 is 0 Å². The molecule has 2 aromatic rings. The van der Waals surface area contributed by atoms with E-state index in [1.165, 1.54) is 11.1 Å². The predicted octanol–water partition coefficient (Wildman–Crippen LogP) is 3.90. The lowest BCUT2D eigenvalue weighted by Gasteiger charge is -2.11. The number of benzene rings is 2. The summed E-state index contributed by atoms with van der Waals surface area (Å²) in [6.07, 6.45) is 0.584. The third-order valence-corrected chi connectivity index (χ3v) is 3.45. The third kappa shape index (κ3) is 6.42. The van der Waals surface area contributed by atoms with Gasteiger partial charge in [0.05, 0.1) is 6.10 Å². The molecule has 4 heteroatoms. The van der Waals surface area contributed by atoms with Gasteiger partial charge in [-0.1, -0.05) is 29.8 Å². The first kappa shape index (κ1) is 18.0. The van der Waals surface area contributed by atoms with Gasteiger partial charge in [0, 0.05) is 25.2 Å². The molecule has 0 heterocycles. The van der Waals surface area contributed by atoms with Crippen LogP contribution in [0.25, 0.3) is 0 Å². The lowest BCUT2D eigenvalue weighted by atomic mass is 10.1. The minimum Gasteiger partial charge on any atom is -0.491 e. The Balaban J connectivity index is 1.69. The second-order valence-electron chi connectivity index (χ2n) is 6.15. The van der Waals surface area contributed by atoms with Crippen molar-refractivity contribution in [2.75, 3.05) is 11.9 Å². The Morgan fingerprint density at radius 1 is 1.12 bits per heavy atom. The van der Waals surface area contributed by atoms with Gasteiger partial charge < -0.3 is 15.4 Å². The van der Waals surface area contributed by atoms with E-state index in [9.17, 15) is 4.79 Å². The van der Waals surface area contributed by atoms with E-state index in [2.05, 4.69) is 35.8 Å². The summed E-state index contributed by atoms with van der Waals surface area (Å²) in [7, 11) is 0. The maximum atomic E-state index is 12.0. The monoisotopic (exact) mass is 326 g/mol. The molecule has 0 bridgehead atoms. The van der Waals surface area contributed by atoms with Gasteiger partial charge in [0.1, 0.15) is 5.75 Å². The Morgan fingerprint density at radius 2 is 1.88 bits per heavy atom. The van der Waals surface area contributed by atoms with Gasteiger partial charge in [-0.15, -0.1) is 0 Å². The number of aryl methyl sites for hydroxylation is 1. The molecular formula is C20H26N2O2. The van der Waals surface area contributed by atoms with Crippen LogP contribution in [-0.2, 0) is 11.3 Å². The van der Waals surface area contributed by atoms with E-state index in [1.807, 2.05) is 44.2 Å². The van der Waals surface area contributed by atoms with E-state index < -0.39 is 0 Å². The molecule has 2 rings (SSSR count). The van der Waals surface area contributed by atoms with Gasteiger partial charge in [0.25, 0.3) is 0 Å². The van der Waals surface area contributed by atoms with Gasteiger partial charge in [-0.3, -0.25) is 4.79 Å². The molecule has 1 amide bonds. The fourth-order valence-corrected chi connectivity index (χ4v) is 2.37. The molecule has 2 aromatic carbocycles. The highest BCUT2D eigenvalue weighted by Crippen LogP contribution is 2.17. The number of ether oxygens (including phenoxy) is 1. The molecule has 128 valence electrons. The minimum atomic E-state index is 0.00395. The van der Waals surface area contributed by atoms with Crippen molar-refractivity contribution in [2.24, 2.45) is 0 Å². The quantitative estimate of drug-likeness (QED) is 0.723. The number of hydrogen-bond acceptors (Lipinski definition) is 3. The molecule has 2 N–H and O–H groups in total. The zero-order chi connectivity index (χ0) is 17.4. The normalized spacial score (nSPS) is 10.7. The predicted molar refractivity (Wildman–Crippen MR) is 98.3 cm³/mol. The summed E-state index contributed by atoms with van der Waals surface area (Å²) < 4.78 is 5.58. The zero-order valence-corrected chi connectivity index (χ0v) is 14.6. The second kappa shape index (κ2) is 9.08. The average molecular weight is 326 g/mol. The molecule has 0 spiro atoms. The van der Waals surface area contributed by atoms with Crippen molar-refractivity contribution in [3.8, 4) is 5.75 Å². The summed E-state index contributed by atoms with van der Waals surface area (Å²) in [5.74, 6) is 0.812. The van der Waals surface area contributed by atoms with Crippen LogP contribution >= 0.6 is 0 Å². The van der Waals surface area contributed by atoms with Crippen LogP contribution in [-0.4, -0.2) is 18.6 Å². The molecule has 0 aromatic heterocycles. The molecule has 24 heavy (non-hydrogen) atoms. The molecule has 0 unspecified atom stereocenters. The summed E-state index contributed by atoms with van der Waals surface area (Å²) in [4.78, 5) is 12.0. The van der Waals surface area contributed by atoms with E-state index in [1.54, 1.807) is 0 Å². The smallest absolute Gasteiger partial charge is 0.225 e. The van der Waals surface area contributed by atoms with Crippen LogP contribution in [0.4, 0.5) is 5.69 Å². The number of nitrogens with one attached hydrogen (secondary N) is 2. The summed E-state index contributed by atoms with van der Waals surface area (Å²) in [5.41, 5.74) is 3.27. The minimum absolute atomic E-state index is 0.00395. The van der Waals surface area contributed by atoms with Crippen molar-refractivity contribution < 1.29 is 9.53 Å². The maximum Gasteiger partial charge on any atom is 0.225 e. The molecular weight excluding hydrogens is 300 g/mol. The number of carbonyl (C=O) groups is 1. The van der Waals surface area contributed by atoms with Crippen molar-refractivity contribution in [3.05, 3.63) is 59.7 Å². The highest BCUT2D eigenvalue weighted by Gasteiger charge is 2.03. The Bertz CT molecular complexity index is 651. The maximum absolute atomic E-state index is 12.0. The van der Waals surface area contributed by atoms with Crippen molar-refractivity contribution in [1.29, 1.82) is 0 Å². The van der Waals surface area contributed by atoms with Crippen LogP contribution in [0.15, 0.2) is 48.5 Å². The van der Waals surface area contributed by atoms with Gasteiger partial charge in [-0.05, 0) is 50.6 Å². The Labute approximate surface area is 144 Å². The first-order chi connectivity index (χ1) is 11.5. The van der Waals surface area contributed by atoms with Crippen molar-refractivity contribution in [2.45, 2.75) is 39.8 Å². The largest absolute Gasteiger partial charge is 0.491 e. The van der Waals surface area contributed by atoms with Crippen LogP contribution < -0.4 is 15.4 Å². The molecule has 4 nitrogen and oxygen atoms in total. The Morgan fingerprint density at radius 3 is 2.54 bits per heavy atom. The van der Waals surface area contributed by atoms with Gasteiger partial charge in [-0.2, -0.15) is 0 Å². The van der Waals surface area contributed by atoms with E-state index >= 15 is 0 Å². The SMILES string of the molecule is Cc1cccc(CNCCC(=O)Nc2ccc(OC(C)C)cc2)c1. The standard InChI is InChI=1S/C20H26N2O2/c1-15(2)24-19-9-7-18(8-10-19)22-20(23)11-12-21-14-17-6-4-5-16(3)13-17/h4-10,13,15,21H,11-12,14H2,1-3H3,(H,22,23). The second-order valence-corrected chi connectivity index (χ2v) is 6.15. The number of anilines is 1. The third-order valence-electron chi connectivity index (χ3n) is 3.45. The first-order valence-corrected chi connectivity index (χ1v) is 8.36. The first-order valence-electron chi connectivity index (χ1n) is 8.36. The van der Waals surface area contributed by atoms with Crippen molar-refractivity contribution in [1.82, 2.24) is 5.32 Å². The topological polar surface area (TPSA) is 50.4 Å². The van der Waals surface area contributed by atoms with Gasteiger partial charge in [-0.25, -0.2) is 0 Å². The van der Waals surface area contributed by atoms with Gasteiger partial charge in [0.2, 0.25) is 5.91 Å². The number of carbonyl (C=O) groups excluding carboxylic acids is 1. The summed E-state index contributed by atoms with van der Waals surface area (Å²) >= 11 is 0. The molecule has 0 saturated carbocycles. The molecule has 0 saturated heterocycles. The van der Waals surface area contributed by atoms with Crippen LogP contribution in [0.5, 0.6) is 5.75 Å². The van der Waals surface area contributed by atoms with E-state index in [0.717, 1.165) is 18.0 Å². The Hall–Kier alpha value is -2.33. The molecule has 0 aliphatic rings. The van der Waals surface area contributed by atoms with Crippen LogP contribution in [0.1, 0.15) is 31.4 Å². The van der Waals surface area contributed by atoms with E-state index in [4.69, 9.17) is 4.74 Å². The van der Waals surface area contributed by atoms with Crippen molar-refractivity contribution >= 4 is 11.6 Å². The summed E-state index contributed by atoms with van der Waals surface area (Å²) in [6.45, 7) is 7.47. The zero-order valence-electron chi connectivity index (χ0n) is 14.6. The van der Waals surface area contributed by atoms with Gasteiger partial charge in [0.15, 0.2) is 0 Å². The summed E-state index contributed by atoms with van der Waals surface area (Å²) in [5, 5.41) is 6.19. The van der Waals surface area contributed by atoms with Crippen LogP contribution in [0, 0.1) is 6.92 Å². The number of rotatable bonds is 8. The lowest BCUT2D eigenvalue weighted by molar-refractivity contribution is -0.116. The fraction of sp³-hybridized carbons (Fsp3) is 0.350. The fourth-order valence-electron chi connectivity index (χ4n) is 2.37. The van der Waals surface area contributed by atoms with Crippen LogP contribution in [0.3, 0.4) is 0 Å². The Kier molecular flexibility index (Phi) is 6.82. The molecule has 0 aliphatic carbocycles. The van der Waals surface area contributed by atoms with Crippen LogP contribution in [0.2, 0.25) is 0 Å². The highest BCUT2D eigenvalue weighted by molar-refractivity contribution is 5.90. The van der Waals surface area contributed by atoms with Crippen molar-refractivity contribution in [3.63, 3.8) is 0 Å². The highest BCUT2D eigenvalue weighted by atomic mass is 16.5. The molecule has 0 atom stereocenters. The number of hydrogen-bond donors (Lipinski definition) is 2.